The smallest absolute Gasteiger partial charge is 0.254 e. The molecule has 190 valence electrons. The van der Waals surface area contributed by atoms with E-state index in [2.05, 4.69) is 22.1 Å². The monoisotopic (exact) mass is 522 g/mol. The first-order valence-corrected chi connectivity index (χ1v) is 13.3. The zero-order valence-corrected chi connectivity index (χ0v) is 21.8. The summed E-state index contributed by atoms with van der Waals surface area (Å²) < 4.78 is 0. The van der Waals surface area contributed by atoms with E-state index in [9.17, 15) is 9.59 Å². The maximum absolute atomic E-state index is 14.3. The Balaban J connectivity index is 1.31. The molecule has 0 bridgehead atoms. The summed E-state index contributed by atoms with van der Waals surface area (Å²) in [6.45, 7) is 2.83. The van der Waals surface area contributed by atoms with E-state index in [0.717, 1.165) is 44.2 Å². The molecule has 1 fully saturated rings. The number of H-pyrrole nitrogens is 2. The minimum absolute atomic E-state index is 0.0487. The number of carbonyl (C=O) groups is 2. The normalized spacial score (nSPS) is 21.3. The molecule has 7 rings (SSSR count). The second kappa shape index (κ2) is 8.50. The molecular weight excluding hydrogens is 496 g/mol. The molecule has 2 aromatic heterocycles. The summed E-state index contributed by atoms with van der Waals surface area (Å²) in [5, 5.41) is 2.87. The molecule has 2 aliphatic heterocycles. The predicted octanol–water partition coefficient (Wildman–Crippen LogP) is 5.58. The molecule has 7 heteroatoms. The molecule has 6 nitrogen and oxygen atoms in total. The van der Waals surface area contributed by atoms with Gasteiger partial charge in [-0.3, -0.25) is 9.59 Å². The van der Waals surface area contributed by atoms with Crippen LogP contribution in [-0.4, -0.2) is 51.2 Å². The molecule has 3 aromatic carbocycles. The van der Waals surface area contributed by atoms with Crippen molar-refractivity contribution in [3.8, 4) is 0 Å². The molecule has 4 heterocycles. The number of amides is 2. The molecule has 0 saturated carbocycles. The number of halogens is 1. The number of hydrogen-bond donors (Lipinski definition) is 2. The van der Waals surface area contributed by atoms with E-state index in [0.29, 0.717) is 24.5 Å². The number of rotatable bonds is 4. The summed E-state index contributed by atoms with van der Waals surface area (Å²) in [5.74, 6) is -0.243. The molecular formula is C31H27ClN4O2. The van der Waals surface area contributed by atoms with Gasteiger partial charge in [-0.15, -0.1) is 0 Å². The lowest BCUT2D eigenvalue weighted by Crippen LogP contribution is -2.67. The average molecular weight is 523 g/mol. The van der Waals surface area contributed by atoms with Crippen LogP contribution in [0.5, 0.6) is 0 Å². The topological polar surface area (TPSA) is 72.2 Å². The van der Waals surface area contributed by atoms with Crippen LogP contribution in [0.1, 0.15) is 35.2 Å². The van der Waals surface area contributed by atoms with Gasteiger partial charge >= 0.3 is 0 Å². The largest absolute Gasteiger partial charge is 0.361 e. The Labute approximate surface area is 225 Å². The molecule has 0 spiro atoms. The van der Waals surface area contributed by atoms with E-state index in [4.69, 9.17) is 11.6 Å². The first kappa shape index (κ1) is 23.1. The molecule has 38 heavy (non-hydrogen) atoms. The van der Waals surface area contributed by atoms with Gasteiger partial charge in [-0.05, 0) is 48.2 Å². The number of carbonyl (C=O) groups excluding carboxylic acids is 2. The van der Waals surface area contributed by atoms with E-state index in [1.54, 1.807) is 9.80 Å². The summed E-state index contributed by atoms with van der Waals surface area (Å²) in [7, 11) is 0. The maximum Gasteiger partial charge on any atom is 0.254 e. The molecule has 5 aromatic rings. The molecule has 1 saturated heterocycles. The second-order valence-corrected chi connectivity index (χ2v) is 10.9. The first-order valence-electron chi connectivity index (χ1n) is 13.0. The Bertz CT molecular complexity index is 1740. The fraction of sp³-hybridized carbons (Fsp3) is 0.226. The minimum atomic E-state index is -1.12. The number of fused-ring (bicyclic) bond motifs is 6. The molecule has 0 unspecified atom stereocenters. The van der Waals surface area contributed by atoms with E-state index < -0.39 is 5.54 Å². The van der Waals surface area contributed by atoms with Gasteiger partial charge in [-0.25, -0.2) is 0 Å². The van der Waals surface area contributed by atoms with Crippen LogP contribution in [0, 0.1) is 0 Å². The highest BCUT2D eigenvalue weighted by molar-refractivity contribution is 6.31. The number of benzene rings is 3. The van der Waals surface area contributed by atoms with Crippen LogP contribution in [0.25, 0.3) is 21.8 Å². The van der Waals surface area contributed by atoms with Gasteiger partial charge in [0.15, 0.2) is 5.54 Å². The maximum atomic E-state index is 14.3. The van der Waals surface area contributed by atoms with E-state index in [-0.39, 0.29) is 24.3 Å². The van der Waals surface area contributed by atoms with Gasteiger partial charge in [0, 0.05) is 52.0 Å². The van der Waals surface area contributed by atoms with Crippen molar-refractivity contribution in [3.05, 3.63) is 106 Å². The van der Waals surface area contributed by atoms with E-state index >= 15 is 0 Å². The van der Waals surface area contributed by atoms with Crippen LogP contribution < -0.4 is 0 Å². The number of hydrogen-bond acceptors (Lipinski definition) is 2. The predicted molar refractivity (Wildman–Crippen MR) is 149 cm³/mol. The quantitative estimate of drug-likeness (QED) is 0.323. The Morgan fingerprint density at radius 3 is 2.47 bits per heavy atom. The van der Waals surface area contributed by atoms with Gasteiger partial charge in [0.1, 0.15) is 0 Å². The molecule has 2 N–H and O–H groups in total. The highest BCUT2D eigenvalue weighted by atomic mass is 35.5. The lowest BCUT2D eigenvalue weighted by molar-refractivity contribution is -0.166. The zero-order valence-electron chi connectivity index (χ0n) is 21.0. The van der Waals surface area contributed by atoms with Crippen molar-refractivity contribution >= 4 is 45.2 Å². The lowest BCUT2D eigenvalue weighted by Gasteiger charge is -2.51. The molecule has 0 radical (unpaired) electrons. The Morgan fingerprint density at radius 2 is 1.66 bits per heavy atom. The summed E-state index contributed by atoms with van der Waals surface area (Å²) in [4.78, 5) is 38.4. The zero-order chi connectivity index (χ0) is 26.0. The highest BCUT2D eigenvalue weighted by Gasteiger charge is 2.56. The SMILES string of the molecule is C[C@]12C(=O)N(CCc3c[nH]c4ccccc34)CC(=O)N1C[C@H](c1ccccc1Cl)c1c2[nH]c2ccccc12. The summed E-state index contributed by atoms with van der Waals surface area (Å²) in [6.07, 6.45) is 2.67. The van der Waals surface area contributed by atoms with Gasteiger partial charge in [0.25, 0.3) is 5.91 Å². The number of aromatic nitrogens is 2. The minimum Gasteiger partial charge on any atom is -0.361 e. The third-order valence-electron chi connectivity index (χ3n) is 8.42. The average Bonchev–Trinajstić information content (AvgIpc) is 3.53. The van der Waals surface area contributed by atoms with Gasteiger partial charge in [-0.2, -0.15) is 0 Å². The van der Waals surface area contributed by atoms with Crippen LogP contribution >= 0.6 is 11.6 Å². The van der Waals surface area contributed by atoms with Crippen molar-refractivity contribution in [3.63, 3.8) is 0 Å². The Morgan fingerprint density at radius 1 is 0.947 bits per heavy atom. The van der Waals surface area contributed by atoms with Crippen molar-refractivity contribution in [2.45, 2.75) is 24.8 Å². The fourth-order valence-corrected chi connectivity index (χ4v) is 6.76. The van der Waals surface area contributed by atoms with Crippen LogP contribution in [-0.2, 0) is 21.5 Å². The van der Waals surface area contributed by atoms with Crippen molar-refractivity contribution < 1.29 is 9.59 Å². The third kappa shape index (κ3) is 3.26. The third-order valence-corrected chi connectivity index (χ3v) is 8.77. The van der Waals surface area contributed by atoms with Crippen LogP contribution in [0.3, 0.4) is 0 Å². The Hall–Kier alpha value is -4.03. The number of para-hydroxylation sites is 2. The van der Waals surface area contributed by atoms with Gasteiger partial charge in [0.2, 0.25) is 5.91 Å². The van der Waals surface area contributed by atoms with Crippen LogP contribution in [0.4, 0.5) is 0 Å². The van der Waals surface area contributed by atoms with Crippen molar-refractivity contribution in [1.29, 1.82) is 0 Å². The van der Waals surface area contributed by atoms with Crippen LogP contribution in [0.2, 0.25) is 5.02 Å². The Kier molecular flexibility index (Phi) is 5.17. The molecule has 0 aliphatic carbocycles. The van der Waals surface area contributed by atoms with E-state index in [1.807, 2.05) is 73.8 Å². The molecule has 2 amide bonds. The number of aromatic amines is 2. The van der Waals surface area contributed by atoms with Gasteiger partial charge in [0.05, 0.1) is 12.2 Å². The van der Waals surface area contributed by atoms with Crippen molar-refractivity contribution in [2.24, 2.45) is 0 Å². The lowest BCUT2D eigenvalue weighted by atomic mass is 9.76. The fourth-order valence-electron chi connectivity index (χ4n) is 6.49. The number of nitrogens with zero attached hydrogens (tertiary/aromatic N) is 2. The summed E-state index contributed by atoms with van der Waals surface area (Å²) in [5.41, 5.74) is 4.83. The summed E-state index contributed by atoms with van der Waals surface area (Å²) in [6, 6.07) is 24.0. The highest BCUT2D eigenvalue weighted by Crippen LogP contribution is 2.49. The van der Waals surface area contributed by atoms with E-state index in [1.165, 1.54) is 0 Å². The first-order chi connectivity index (χ1) is 18.5. The summed E-state index contributed by atoms with van der Waals surface area (Å²) >= 11 is 6.68. The van der Waals surface area contributed by atoms with Crippen molar-refractivity contribution in [2.75, 3.05) is 19.6 Å². The second-order valence-electron chi connectivity index (χ2n) is 10.4. The van der Waals surface area contributed by atoms with Crippen LogP contribution in [0.15, 0.2) is 79.0 Å². The van der Waals surface area contributed by atoms with Crippen molar-refractivity contribution in [1.82, 2.24) is 19.8 Å². The van der Waals surface area contributed by atoms with Gasteiger partial charge < -0.3 is 19.8 Å². The number of piperazine rings is 1. The van der Waals surface area contributed by atoms with Gasteiger partial charge in [-0.1, -0.05) is 66.2 Å². The molecule has 2 aliphatic rings. The molecule has 2 atom stereocenters. The number of nitrogens with one attached hydrogen (secondary N) is 2. The standard InChI is InChI=1S/C31H27ClN4O2/c1-31-29-28(22-10-4-7-13-26(22)34-29)23(21-9-2-5-11-24(21)32)17-36(31)27(37)18-35(30(31)38)15-14-19-16-33-25-12-6-3-8-20(19)25/h2-13,16,23,33-34H,14-15,17-18H2,1H3/t23-,31+/m1/s1.